The molecule has 0 aromatic heterocycles. The Kier molecular flexibility index (Phi) is 4.20. The van der Waals surface area contributed by atoms with Crippen LogP contribution in [0.15, 0.2) is 24.3 Å². The summed E-state index contributed by atoms with van der Waals surface area (Å²) in [6, 6.07) is 4.70. The molecular weight excluding hydrogens is 242 g/mol. The second-order valence-electron chi connectivity index (χ2n) is 4.13. The van der Waals surface area contributed by atoms with Gasteiger partial charge in [-0.15, -0.1) is 0 Å². The normalized spacial score (nSPS) is 21.8. The van der Waals surface area contributed by atoms with Crippen LogP contribution in [-0.4, -0.2) is 44.0 Å². The molecule has 0 bridgehead atoms. The van der Waals surface area contributed by atoms with Crippen molar-refractivity contribution in [2.24, 2.45) is 0 Å². The minimum Gasteiger partial charge on any atom is -0.491 e. The van der Waals surface area contributed by atoms with E-state index in [0.29, 0.717) is 13.0 Å². The summed E-state index contributed by atoms with van der Waals surface area (Å²) in [6.07, 6.45) is -0.944. The molecule has 2 atom stereocenters. The summed E-state index contributed by atoms with van der Waals surface area (Å²) in [7, 11) is 1.61. The van der Waals surface area contributed by atoms with Crippen LogP contribution < -0.4 is 10.1 Å². The molecule has 0 spiro atoms. The van der Waals surface area contributed by atoms with E-state index in [-0.39, 0.29) is 5.75 Å². The predicted molar refractivity (Wildman–Crippen MR) is 76.7 cm³/mol. The zero-order valence-electron chi connectivity index (χ0n) is 17.3. The molecule has 4 heteroatoms. The number of hydrogen-bond acceptors (Lipinski definition) is 4. The summed E-state index contributed by atoms with van der Waals surface area (Å²) in [4.78, 5) is 0. The zero-order chi connectivity index (χ0) is 19.3. The summed E-state index contributed by atoms with van der Waals surface area (Å²) in [5.74, 6) is 0.231. The lowest BCUT2D eigenvalue weighted by Gasteiger charge is -2.15. The van der Waals surface area contributed by atoms with Crippen molar-refractivity contribution in [3.05, 3.63) is 29.8 Å². The van der Waals surface area contributed by atoms with Crippen LogP contribution in [-0.2, 0) is 11.2 Å². The Hall–Kier alpha value is -1.10. The third kappa shape index (κ3) is 7.15. The third-order valence-electron chi connectivity index (χ3n) is 2.39. The van der Waals surface area contributed by atoms with E-state index in [9.17, 15) is 5.11 Å². The number of aliphatic hydroxyl groups is 1. The molecule has 0 saturated heterocycles. The number of methoxy groups -OCH3 is 1. The van der Waals surface area contributed by atoms with Crippen LogP contribution in [0.25, 0.3) is 0 Å². The van der Waals surface area contributed by atoms with Gasteiger partial charge in [-0.1, -0.05) is 25.9 Å². The van der Waals surface area contributed by atoms with Gasteiger partial charge in [-0.3, -0.25) is 0 Å². The lowest BCUT2D eigenvalue weighted by molar-refractivity contribution is 0.104. The molecule has 0 radical (unpaired) electrons. The van der Waals surface area contributed by atoms with Crippen LogP contribution in [0.2, 0.25) is 0 Å². The summed E-state index contributed by atoms with van der Waals surface area (Å²) < 4.78 is 55.3. The Labute approximate surface area is 124 Å². The maximum atomic E-state index is 9.99. The van der Waals surface area contributed by atoms with Gasteiger partial charge in [0.2, 0.25) is 0 Å². The van der Waals surface area contributed by atoms with Crippen LogP contribution >= 0.6 is 0 Å². The van der Waals surface area contributed by atoms with E-state index >= 15 is 0 Å². The van der Waals surface area contributed by atoms with Crippen LogP contribution in [0.5, 0.6) is 5.75 Å². The molecular formula is C15H25NO3. The van der Waals surface area contributed by atoms with E-state index in [2.05, 4.69) is 5.32 Å². The van der Waals surface area contributed by atoms with Crippen molar-refractivity contribution in [3.63, 3.8) is 0 Å². The highest BCUT2D eigenvalue weighted by Gasteiger charge is 2.05. The number of hydrogen-bond donors (Lipinski definition) is 2. The number of ether oxygens (including phenoxy) is 2. The summed E-state index contributed by atoms with van der Waals surface area (Å²) in [6.45, 7) is -3.80. The number of nitrogens with one attached hydrogen (secondary N) is 1. The first-order valence-electron chi connectivity index (χ1n) is 9.09. The van der Waals surface area contributed by atoms with Crippen molar-refractivity contribution in [1.82, 2.24) is 5.32 Å². The van der Waals surface area contributed by atoms with Gasteiger partial charge in [0.05, 0.1) is 9.35 Å². The van der Waals surface area contributed by atoms with E-state index in [1.807, 2.05) is 0 Å². The monoisotopic (exact) mass is 273 g/mol. The lowest BCUT2D eigenvalue weighted by Crippen LogP contribution is -2.35. The van der Waals surface area contributed by atoms with Gasteiger partial charge in [0, 0.05) is 25.2 Å². The number of aliphatic hydroxyl groups excluding tert-OH is 1. The van der Waals surface area contributed by atoms with Gasteiger partial charge >= 0.3 is 0 Å². The Morgan fingerprint density at radius 2 is 2.21 bits per heavy atom. The van der Waals surface area contributed by atoms with E-state index in [1.54, 1.807) is 31.4 Å². The van der Waals surface area contributed by atoms with Crippen LogP contribution in [0.1, 0.15) is 27.6 Å². The quantitative estimate of drug-likeness (QED) is 0.718. The third-order valence-corrected chi connectivity index (χ3v) is 2.39. The van der Waals surface area contributed by atoms with Gasteiger partial charge in [-0.2, -0.15) is 0 Å². The number of benzene rings is 1. The van der Waals surface area contributed by atoms with Crippen molar-refractivity contribution < 1.29 is 22.8 Å². The SMILES string of the molecule is [2H]C([2H])(Oc1ccc(CCOC)cc1)C(O)CNC([2H])(C)C([2H])([2H])[2H]. The molecule has 1 aromatic carbocycles. The van der Waals surface area contributed by atoms with Gasteiger partial charge < -0.3 is 19.9 Å². The Morgan fingerprint density at radius 3 is 2.84 bits per heavy atom. The summed E-state index contributed by atoms with van der Waals surface area (Å²) in [5.41, 5.74) is 1.000. The molecule has 0 aliphatic rings. The lowest BCUT2D eigenvalue weighted by atomic mass is 10.1. The summed E-state index contributed by atoms with van der Waals surface area (Å²) in [5, 5.41) is 12.3. The average molecular weight is 273 g/mol. The molecule has 4 nitrogen and oxygen atoms in total. The molecule has 108 valence electrons. The van der Waals surface area contributed by atoms with E-state index < -0.39 is 32.1 Å². The second-order valence-corrected chi connectivity index (χ2v) is 4.13. The summed E-state index contributed by atoms with van der Waals surface area (Å²) >= 11 is 0. The van der Waals surface area contributed by atoms with Gasteiger partial charge in [-0.05, 0) is 24.1 Å². The van der Waals surface area contributed by atoms with Crippen molar-refractivity contribution >= 4 is 0 Å². The van der Waals surface area contributed by atoms with Crippen LogP contribution in [0, 0.1) is 0 Å². The van der Waals surface area contributed by atoms with E-state index in [0.717, 1.165) is 12.5 Å². The Morgan fingerprint density at radius 1 is 1.47 bits per heavy atom. The standard InChI is InChI=1S/C15H25NO3/c1-12(2)16-10-14(17)11-19-15-6-4-13(5-7-15)8-9-18-3/h4-7,12,14,16-17H,8-11H2,1-3H3/i1D3,11D2,12D. The van der Waals surface area contributed by atoms with Crippen molar-refractivity contribution in [1.29, 1.82) is 0 Å². The molecule has 0 fully saturated rings. The minimum absolute atomic E-state index is 0.231. The van der Waals surface area contributed by atoms with Crippen LogP contribution in [0.3, 0.4) is 0 Å². The topological polar surface area (TPSA) is 50.7 Å². The molecule has 2 unspecified atom stereocenters. The molecule has 0 heterocycles. The van der Waals surface area contributed by atoms with Crippen molar-refractivity contribution in [3.8, 4) is 5.75 Å². The first-order valence-corrected chi connectivity index (χ1v) is 6.09. The van der Waals surface area contributed by atoms with Gasteiger partial charge in [-0.25, -0.2) is 0 Å². The molecule has 1 rings (SSSR count). The molecule has 2 N–H and O–H groups in total. The highest BCUT2D eigenvalue weighted by molar-refractivity contribution is 5.27. The van der Waals surface area contributed by atoms with E-state index in [1.165, 1.54) is 0 Å². The molecule has 0 amide bonds. The van der Waals surface area contributed by atoms with Crippen molar-refractivity contribution in [2.75, 3.05) is 26.8 Å². The van der Waals surface area contributed by atoms with Gasteiger partial charge in [0.15, 0.2) is 0 Å². The van der Waals surface area contributed by atoms with Gasteiger partial charge in [0.25, 0.3) is 0 Å². The second kappa shape index (κ2) is 8.91. The predicted octanol–water partition coefficient (Wildman–Crippen LogP) is 1.61. The highest BCUT2D eigenvalue weighted by atomic mass is 16.5. The van der Waals surface area contributed by atoms with Gasteiger partial charge in [0.1, 0.15) is 18.4 Å². The van der Waals surface area contributed by atoms with Crippen molar-refractivity contribution in [2.45, 2.75) is 32.3 Å². The molecule has 19 heavy (non-hydrogen) atoms. The maximum absolute atomic E-state index is 9.99. The molecule has 1 aromatic rings. The molecule has 0 aliphatic carbocycles. The smallest absolute Gasteiger partial charge is 0.119 e. The number of rotatable bonds is 9. The maximum Gasteiger partial charge on any atom is 0.119 e. The Balaban J connectivity index is 2.64. The molecule has 0 aliphatic heterocycles. The Bertz CT molecular complexity index is 533. The minimum atomic E-state index is -2.61. The first-order chi connectivity index (χ1) is 11.4. The average Bonchev–Trinajstić information content (AvgIpc) is 2.50. The molecule has 0 saturated carbocycles. The largest absolute Gasteiger partial charge is 0.491 e. The first kappa shape index (κ1) is 8.95. The fourth-order valence-electron chi connectivity index (χ4n) is 1.37. The zero-order valence-corrected chi connectivity index (χ0v) is 11.3. The van der Waals surface area contributed by atoms with E-state index in [4.69, 9.17) is 17.7 Å². The fraction of sp³-hybridized carbons (Fsp3) is 0.600. The fourth-order valence-corrected chi connectivity index (χ4v) is 1.37. The highest BCUT2D eigenvalue weighted by Crippen LogP contribution is 2.12. The van der Waals surface area contributed by atoms with Crippen LogP contribution in [0.4, 0.5) is 0 Å².